The van der Waals surface area contributed by atoms with Crippen LogP contribution >= 0.6 is 0 Å². The maximum absolute atomic E-state index is 13.0. The van der Waals surface area contributed by atoms with E-state index >= 15 is 0 Å². The van der Waals surface area contributed by atoms with Crippen LogP contribution in [0.25, 0.3) is 0 Å². The van der Waals surface area contributed by atoms with Crippen molar-refractivity contribution < 1.29 is 19.2 Å². The van der Waals surface area contributed by atoms with Gasteiger partial charge in [-0.25, -0.2) is 0 Å². The molecular weight excluding hydrogens is 396 g/mol. The Labute approximate surface area is 182 Å². The highest BCUT2D eigenvalue weighted by Gasteiger charge is 2.40. The molecule has 0 saturated carbocycles. The van der Waals surface area contributed by atoms with Gasteiger partial charge in [-0.1, -0.05) is 0 Å². The number of hydrogen-bond acceptors (Lipinski definition) is 6. The van der Waals surface area contributed by atoms with Crippen molar-refractivity contribution in [1.29, 1.82) is 0 Å². The van der Waals surface area contributed by atoms with Crippen LogP contribution in [0, 0.1) is 5.41 Å². The predicted octanol–water partition coefficient (Wildman–Crippen LogP) is 1.69. The molecule has 0 bridgehead atoms. The van der Waals surface area contributed by atoms with Crippen LogP contribution in [-0.2, 0) is 9.59 Å². The molecule has 3 aliphatic rings. The lowest BCUT2D eigenvalue weighted by Crippen LogP contribution is -2.45. The number of anilines is 1. The van der Waals surface area contributed by atoms with Gasteiger partial charge in [0.1, 0.15) is 0 Å². The van der Waals surface area contributed by atoms with Gasteiger partial charge in [0.05, 0.1) is 11.1 Å². The first-order chi connectivity index (χ1) is 14.9. The van der Waals surface area contributed by atoms with E-state index in [1.54, 1.807) is 13.0 Å². The summed E-state index contributed by atoms with van der Waals surface area (Å²) in [6.07, 6.45) is 5.50. The summed E-state index contributed by atoms with van der Waals surface area (Å²) in [5.41, 5.74) is 2.30. The number of imide groups is 2. The average Bonchev–Trinajstić information content (AvgIpc) is 3.03. The number of nitrogens with zero attached hydrogens (tertiary/aromatic N) is 2. The Morgan fingerprint density at radius 3 is 2.48 bits per heavy atom. The zero-order valence-electron chi connectivity index (χ0n) is 18.0. The van der Waals surface area contributed by atoms with E-state index in [1.165, 1.54) is 17.7 Å². The van der Waals surface area contributed by atoms with Crippen molar-refractivity contribution in [3.05, 3.63) is 29.3 Å². The SMILES string of the molecule is CC(CCC(=O)NC=O)N1C(=O)c2ccc(N3CCC4(CCNCC4)CC3)cc2C1=O. The first kappa shape index (κ1) is 21.5. The molecule has 0 radical (unpaired) electrons. The summed E-state index contributed by atoms with van der Waals surface area (Å²) in [4.78, 5) is 51.3. The molecule has 1 aromatic rings. The van der Waals surface area contributed by atoms with E-state index in [-0.39, 0.29) is 18.2 Å². The number of benzene rings is 1. The lowest BCUT2D eigenvalue weighted by molar-refractivity contribution is -0.125. The van der Waals surface area contributed by atoms with Crippen molar-refractivity contribution in [2.45, 2.75) is 51.5 Å². The van der Waals surface area contributed by atoms with E-state index in [1.807, 2.05) is 12.1 Å². The number of rotatable bonds is 6. The maximum atomic E-state index is 13.0. The molecule has 8 nitrogen and oxygen atoms in total. The molecule has 4 amide bonds. The van der Waals surface area contributed by atoms with Crippen LogP contribution < -0.4 is 15.5 Å². The number of carbonyl (C=O) groups is 4. The second-order valence-corrected chi connectivity index (χ2v) is 9.02. The molecule has 0 aromatic heterocycles. The first-order valence-corrected chi connectivity index (χ1v) is 11.1. The van der Waals surface area contributed by atoms with Crippen LogP contribution in [-0.4, -0.2) is 61.3 Å². The van der Waals surface area contributed by atoms with Crippen LogP contribution in [0.5, 0.6) is 0 Å². The molecule has 2 fully saturated rings. The smallest absolute Gasteiger partial charge is 0.261 e. The fourth-order valence-corrected chi connectivity index (χ4v) is 5.15. The Hall–Kier alpha value is -2.74. The molecule has 2 saturated heterocycles. The Morgan fingerprint density at radius 2 is 1.81 bits per heavy atom. The maximum Gasteiger partial charge on any atom is 0.261 e. The molecule has 3 heterocycles. The lowest BCUT2D eigenvalue weighted by atomic mass is 9.71. The fraction of sp³-hybridized carbons (Fsp3) is 0.565. The molecule has 1 spiro atoms. The van der Waals surface area contributed by atoms with E-state index in [9.17, 15) is 19.2 Å². The molecule has 166 valence electrons. The van der Waals surface area contributed by atoms with Gasteiger partial charge in [0.2, 0.25) is 12.3 Å². The van der Waals surface area contributed by atoms with Crippen molar-refractivity contribution >= 4 is 29.8 Å². The van der Waals surface area contributed by atoms with Gasteiger partial charge >= 0.3 is 0 Å². The van der Waals surface area contributed by atoms with Crippen molar-refractivity contribution in [2.24, 2.45) is 5.41 Å². The van der Waals surface area contributed by atoms with E-state index in [0.717, 1.165) is 44.7 Å². The molecule has 1 unspecified atom stereocenters. The molecule has 4 rings (SSSR count). The minimum atomic E-state index is -0.428. The number of nitrogens with one attached hydrogen (secondary N) is 2. The van der Waals surface area contributed by atoms with E-state index in [4.69, 9.17) is 0 Å². The number of hydrogen-bond donors (Lipinski definition) is 2. The Bertz CT molecular complexity index is 884. The van der Waals surface area contributed by atoms with Gasteiger partial charge in [0.15, 0.2) is 0 Å². The summed E-state index contributed by atoms with van der Waals surface area (Å²) in [5.74, 6) is -1.04. The second kappa shape index (κ2) is 8.78. The third-order valence-corrected chi connectivity index (χ3v) is 7.20. The highest BCUT2D eigenvalue weighted by molar-refractivity contribution is 6.22. The van der Waals surface area contributed by atoms with Crippen LogP contribution in [0.1, 0.15) is 66.2 Å². The summed E-state index contributed by atoms with van der Waals surface area (Å²) in [7, 11) is 0. The van der Waals surface area contributed by atoms with E-state index in [2.05, 4.69) is 15.5 Å². The summed E-state index contributed by atoms with van der Waals surface area (Å²) in [6, 6.07) is 5.12. The highest BCUT2D eigenvalue weighted by atomic mass is 16.2. The number of piperidine rings is 2. The van der Waals surface area contributed by atoms with E-state index in [0.29, 0.717) is 29.4 Å². The van der Waals surface area contributed by atoms with Crippen molar-refractivity contribution in [1.82, 2.24) is 15.5 Å². The van der Waals surface area contributed by atoms with Gasteiger partial charge in [0, 0.05) is 31.2 Å². The van der Waals surface area contributed by atoms with Gasteiger partial charge in [0.25, 0.3) is 11.8 Å². The summed E-state index contributed by atoms with van der Waals surface area (Å²) >= 11 is 0. The van der Waals surface area contributed by atoms with Crippen molar-refractivity contribution in [3.8, 4) is 0 Å². The molecule has 0 aliphatic carbocycles. The molecule has 1 atom stereocenters. The third kappa shape index (κ3) is 4.21. The van der Waals surface area contributed by atoms with Gasteiger partial charge in [-0.15, -0.1) is 0 Å². The van der Waals surface area contributed by atoms with Gasteiger partial charge < -0.3 is 10.2 Å². The summed E-state index contributed by atoms with van der Waals surface area (Å²) < 4.78 is 0. The van der Waals surface area contributed by atoms with Gasteiger partial charge in [-0.2, -0.15) is 0 Å². The third-order valence-electron chi connectivity index (χ3n) is 7.20. The van der Waals surface area contributed by atoms with E-state index < -0.39 is 11.9 Å². The average molecular weight is 427 g/mol. The number of amides is 4. The van der Waals surface area contributed by atoms with Crippen molar-refractivity contribution in [3.63, 3.8) is 0 Å². The Kier molecular flexibility index (Phi) is 6.09. The number of carbonyl (C=O) groups excluding carboxylic acids is 4. The normalized spacial score (nSPS) is 21.2. The topological polar surface area (TPSA) is 98.8 Å². The molecular formula is C23H30N4O4. The van der Waals surface area contributed by atoms with Gasteiger partial charge in [-0.05, 0) is 75.7 Å². The first-order valence-electron chi connectivity index (χ1n) is 11.1. The molecule has 1 aromatic carbocycles. The number of fused-ring (bicyclic) bond motifs is 1. The van der Waals surface area contributed by atoms with Crippen LogP contribution in [0.4, 0.5) is 5.69 Å². The van der Waals surface area contributed by atoms with Crippen LogP contribution in [0.2, 0.25) is 0 Å². The summed E-state index contributed by atoms with van der Waals surface area (Å²) in [5, 5.41) is 5.53. The molecule has 3 aliphatic heterocycles. The van der Waals surface area contributed by atoms with Crippen molar-refractivity contribution in [2.75, 3.05) is 31.1 Å². The second-order valence-electron chi connectivity index (χ2n) is 9.02. The standard InChI is InChI=1S/C23H30N4O4/c1-16(2-5-20(29)25-15-28)27-21(30)18-4-3-17(14-19(18)22(27)31)26-12-8-23(9-13-26)6-10-24-11-7-23/h3-4,14-16,24H,2,5-13H2,1H3,(H,25,28,29). The minimum Gasteiger partial charge on any atom is -0.371 e. The van der Waals surface area contributed by atoms with Crippen LogP contribution in [0.15, 0.2) is 18.2 Å². The molecule has 2 N–H and O–H groups in total. The molecule has 31 heavy (non-hydrogen) atoms. The Morgan fingerprint density at radius 1 is 1.13 bits per heavy atom. The zero-order chi connectivity index (χ0) is 22.0. The fourth-order valence-electron chi connectivity index (χ4n) is 5.15. The quantitative estimate of drug-likeness (QED) is 0.531. The van der Waals surface area contributed by atoms with Gasteiger partial charge in [-0.3, -0.25) is 29.4 Å². The lowest BCUT2D eigenvalue weighted by Gasteiger charge is -2.45. The van der Waals surface area contributed by atoms with Crippen LogP contribution in [0.3, 0.4) is 0 Å². The zero-order valence-corrected chi connectivity index (χ0v) is 18.0. The monoisotopic (exact) mass is 426 g/mol. The molecule has 8 heteroatoms. The predicted molar refractivity (Wildman–Crippen MR) is 116 cm³/mol. The minimum absolute atomic E-state index is 0.0730. The highest BCUT2D eigenvalue weighted by Crippen LogP contribution is 2.41. The summed E-state index contributed by atoms with van der Waals surface area (Å²) in [6.45, 7) is 5.88. The Balaban J connectivity index is 1.43. The largest absolute Gasteiger partial charge is 0.371 e.